The largest absolute Gasteiger partial charge is 0.309 e. The van der Waals surface area contributed by atoms with Gasteiger partial charge < -0.3 is 8.97 Å². The van der Waals surface area contributed by atoms with E-state index in [0.29, 0.717) is 0 Å². The lowest BCUT2D eigenvalue weighted by Gasteiger charge is -2.13. The number of rotatable bonds is 2. The third-order valence-corrected chi connectivity index (χ3v) is 8.31. The van der Waals surface area contributed by atoms with Gasteiger partial charge in [0, 0.05) is 44.4 Å². The van der Waals surface area contributed by atoms with E-state index in [2.05, 4.69) is 135 Å². The zero-order valence-corrected chi connectivity index (χ0v) is 21.6. The van der Waals surface area contributed by atoms with Crippen LogP contribution in [0.1, 0.15) is 0 Å². The first kappa shape index (κ1) is 21.5. The molecule has 0 amide bonds. The first-order valence-corrected chi connectivity index (χ1v) is 13.7. The van der Waals surface area contributed by atoms with Gasteiger partial charge in [0.05, 0.1) is 33.3 Å². The number of fused-ring (bicyclic) bond motifs is 12. The van der Waals surface area contributed by atoms with E-state index in [-0.39, 0.29) is 0 Å². The number of aromatic nitrogens is 3. The topological polar surface area (TPSA) is 22.2 Å². The molecule has 0 aliphatic heterocycles. The summed E-state index contributed by atoms with van der Waals surface area (Å²) >= 11 is 0. The lowest BCUT2D eigenvalue weighted by Crippen LogP contribution is -1.95. The Labute approximate surface area is 230 Å². The van der Waals surface area contributed by atoms with Crippen LogP contribution in [0.3, 0.4) is 0 Å². The number of hydrogen-bond acceptors (Lipinski definition) is 1. The highest BCUT2D eigenvalue weighted by Gasteiger charge is 2.19. The third-order valence-electron chi connectivity index (χ3n) is 8.31. The number of nitrogens with zero attached hydrogens (tertiary/aromatic N) is 3. The van der Waals surface area contributed by atoms with Crippen molar-refractivity contribution >= 4 is 59.9 Å². The zero-order valence-electron chi connectivity index (χ0n) is 21.6. The summed E-state index contributed by atoms with van der Waals surface area (Å²) in [5, 5.41) is 7.64. The number of benzene rings is 5. The van der Waals surface area contributed by atoms with Gasteiger partial charge in [-0.3, -0.25) is 4.98 Å². The maximum atomic E-state index is 4.61. The summed E-state index contributed by atoms with van der Waals surface area (Å²) in [4.78, 5) is 4.61. The zero-order chi connectivity index (χ0) is 26.2. The summed E-state index contributed by atoms with van der Waals surface area (Å²) in [6.07, 6.45) is 1.85. The smallest absolute Gasteiger partial charge is 0.0702 e. The van der Waals surface area contributed by atoms with Crippen LogP contribution in [-0.4, -0.2) is 14.0 Å². The van der Waals surface area contributed by atoms with Gasteiger partial charge in [-0.1, -0.05) is 78.9 Å². The molecule has 0 radical (unpaired) electrons. The van der Waals surface area contributed by atoms with Gasteiger partial charge in [-0.25, -0.2) is 0 Å². The van der Waals surface area contributed by atoms with Gasteiger partial charge >= 0.3 is 0 Å². The molecule has 3 nitrogen and oxygen atoms in total. The van der Waals surface area contributed by atoms with Crippen LogP contribution in [0.4, 0.5) is 0 Å². The minimum Gasteiger partial charge on any atom is -0.309 e. The summed E-state index contributed by atoms with van der Waals surface area (Å²) in [6, 6.07) is 48.1. The molecule has 0 fully saturated rings. The fourth-order valence-corrected chi connectivity index (χ4v) is 6.66. The first-order valence-electron chi connectivity index (χ1n) is 13.7. The van der Waals surface area contributed by atoms with Crippen LogP contribution in [-0.2, 0) is 0 Å². The molecule has 186 valence electrons. The van der Waals surface area contributed by atoms with Crippen molar-refractivity contribution in [3.63, 3.8) is 0 Å². The van der Waals surface area contributed by atoms with Gasteiger partial charge in [-0.15, -0.1) is 0 Å². The van der Waals surface area contributed by atoms with Gasteiger partial charge in [0.25, 0.3) is 0 Å². The summed E-state index contributed by atoms with van der Waals surface area (Å²) in [6.45, 7) is 0. The molecule has 0 aliphatic carbocycles. The fraction of sp³-hybridized carbons (Fsp3) is 0. The van der Waals surface area contributed by atoms with Crippen LogP contribution in [0, 0.1) is 0 Å². The molecular formula is C37H23N3. The molecule has 3 heteroatoms. The van der Waals surface area contributed by atoms with E-state index in [1.54, 1.807) is 0 Å². The van der Waals surface area contributed by atoms with E-state index in [9.17, 15) is 0 Å². The van der Waals surface area contributed by atoms with Gasteiger partial charge in [0.15, 0.2) is 0 Å². The van der Waals surface area contributed by atoms with E-state index >= 15 is 0 Å². The van der Waals surface area contributed by atoms with E-state index < -0.39 is 0 Å². The molecule has 0 aliphatic rings. The van der Waals surface area contributed by atoms with Crippen molar-refractivity contribution in [2.45, 2.75) is 0 Å². The first-order chi connectivity index (χ1) is 19.9. The van der Waals surface area contributed by atoms with E-state index in [1.807, 2.05) is 18.3 Å². The highest BCUT2D eigenvalue weighted by Crippen LogP contribution is 2.42. The molecule has 9 rings (SSSR count). The Hall–Kier alpha value is -5.41. The van der Waals surface area contributed by atoms with Crippen molar-refractivity contribution in [3.8, 4) is 16.9 Å². The Bertz CT molecular complexity index is 2430. The van der Waals surface area contributed by atoms with Gasteiger partial charge in [-0.2, -0.15) is 0 Å². The molecule has 0 N–H and O–H groups in total. The van der Waals surface area contributed by atoms with Crippen molar-refractivity contribution in [2.24, 2.45) is 0 Å². The second kappa shape index (κ2) is 8.05. The molecule has 0 saturated carbocycles. The standard InChI is InChI=1S/C37H23N3/c1-5-17-31-25(10-1)23-35-27-13-2-3-14-28(27)36-34(40(31)35)20-19-33-37(36)29-15-4-6-18-32(29)39(33)26-12-9-11-24(22-26)30-16-7-8-21-38-30/h1-23H. The third kappa shape index (κ3) is 2.86. The van der Waals surface area contributed by atoms with Crippen LogP contribution in [0.25, 0.3) is 76.8 Å². The minimum atomic E-state index is 0.975. The van der Waals surface area contributed by atoms with Crippen molar-refractivity contribution in [1.29, 1.82) is 0 Å². The number of para-hydroxylation sites is 2. The maximum Gasteiger partial charge on any atom is 0.0702 e. The molecule has 0 spiro atoms. The molecular weight excluding hydrogens is 486 g/mol. The van der Waals surface area contributed by atoms with Crippen molar-refractivity contribution in [1.82, 2.24) is 14.0 Å². The van der Waals surface area contributed by atoms with Crippen LogP contribution in [0.2, 0.25) is 0 Å². The molecule has 4 aromatic heterocycles. The summed E-state index contributed by atoms with van der Waals surface area (Å²) in [7, 11) is 0. The quantitative estimate of drug-likeness (QED) is 0.213. The number of pyridine rings is 2. The Morgan fingerprint density at radius 2 is 1.18 bits per heavy atom. The van der Waals surface area contributed by atoms with Crippen LogP contribution in [0.5, 0.6) is 0 Å². The fourth-order valence-electron chi connectivity index (χ4n) is 6.66. The van der Waals surface area contributed by atoms with Gasteiger partial charge in [0.2, 0.25) is 0 Å². The van der Waals surface area contributed by atoms with Crippen LogP contribution >= 0.6 is 0 Å². The van der Waals surface area contributed by atoms with Crippen LogP contribution in [0.15, 0.2) is 140 Å². The summed E-state index contributed by atoms with van der Waals surface area (Å²) in [5.74, 6) is 0. The van der Waals surface area contributed by atoms with E-state index in [4.69, 9.17) is 0 Å². The average Bonchev–Trinajstić information content (AvgIpc) is 3.58. The molecule has 0 atom stereocenters. The minimum absolute atomic E-state index is 0.975. The highest BCUT2D eigenvalue weighted by atomic mass is 15.0. The second-order valence-corrected chi connectivity index (χ2v) is 10.4. The predicted octanol–water partition coefficient (Wildman–Crippen LogP) is 9.56. The molecule has 0 bridgehead atoms. The average molecular weight is 510 g/mol. The van der Waals surface area contributed by atoms with Crippen LogP contribution < -0.4 is 0 Å². The summed E-state index contributed by atoms with van der Waals surface area (Å²) < 4.78 is 4.85. The normalized spacial score (nSPS) is 12.0. The lowest BCUT2D eigenvalue weighted by atomic mass is 10.00. The predicted molar refractivity (Wildman–Crippen MR) is 167 cm³/mol. The van der Waals surface area contributed by atoms with Crippen molar-refractivity contribution in [3.05, 3.63) is 140 Å². The van der Waals surface area contributed by atoms with E-state index in [0.717, 1.165) is 16.9 Å². The number of hydrogen-bond donors (Lipinski definition) is 0. The van der Waals surface area contributed by atoms with E-state index in [1.165, 1.54) is 59.9 Å². The highest BCUT2D eigenvalue weighted by molar-refractivity contribution is 6.30. The van der Waals surface area contributed by atoms with Gasteiger partial charge in [0.1, 0.15) is 0 Å². The molecule has 9 aromatic rings. The molecule has 40 heavy (non-hydrogen) atoms. The lowest BCUT2D eigenvalue weighted by molar-refractivity contribution is 1.18. The SMILES string of the molecule is c1ccc(-c2cccc(-n3c4ccccc4c4c5c6ccccc6c6cc7ccccc7n6c5ccc43)c2)nc1. The molecule has 4 heterocycles. The molecule has 5 aromatic carbocycles. The van der Waals surface area contributed by atoms with Gasteiger partial charge in [-0.05, 0) is 60.0 Å². The second-order valence-electron chi connectivity index (χ2n) is 10.4. The Morgan fingerprint density at radius 1 is 0.450 bits per heavy atom. The van der Waals surface area contributed by atoms with Crippen molar-refractivity contribution in [2.75, 3.05) is 0 Å². The maximum absolute atomic E-state index is 4.61. The Kier molecular flexibility index (Phi) is 4.33. The van der Waals surface area contributed by atoms with Crippen molar-refractivity contribution < 1.29 is 0 Å². The molecule has 0 saturated heterocycles. The molecule has 0 unspecified atom stereocenters. The summed E-state index contributed by atoms with van der Waals surface area (Å²) in [5.41, 5.74) is 9.32. The Balaban J connectivity index is 1.48. The monoisotopic (exact) mass is 509 g/mol. The Morgan fingerprint density at radius 3 is 2.05 bits per heavy atom.